The molecule has 0 saturated carbocycles. The molecular weight excluding hydrogens is 1210 g/mol. The first-order valence-corrected chi connectivity index (χ1v) is 34.4. The summed E-state index contributed by atoms with van der Waals surface area (Å²) >= 11 is 5.15. The van der Waals surface area contributed by atoms with Crippen LogP contribution in [0, 0.1) is 11.8 Å². The number of nitrogens with one attached hydrogen (secondary N) is 1. The fraction of sp³-hybridized carbons (Fsp3) is 0.864. The third-order valence-corrected chi connectivity index (χ3v) is 19.1. The average Bonchev–Trinajstić information content (AvgIpc) is 4.10. The molecule has 10 N–H and O–H groups in total. The van der Waals surface area contributed by atoms with Gasteiger partial charge >= 0.3 is 35.8 Å². The molecule has 520 valence electrons. The lowest BCUT2D eigenvalue weighted by Crippen LogP contribution is -2.52. The molecule has 9 aliphatic heterocycles. The van der Waals surface area contributed by atoms with E-state index in [2.05, 4.69) is 81.2 Å². The fourth-order valence-corrected chi connectivity index (χ4v) is 13.0. The number of rotatable bonds is 9. The van der Waals surface area contributed by atoms with Gasteiger partial charge in [0, 0.05) is 121 Å². The van der Waals surface area contributed by atoms with Crippen molar-refractivity contribution in [1.82, 2.24) is 49.4 Å². The molecule has 6 atom stereocenters. The molecule has 9 aliphatic rings. The molecule has 0 spiro atoms. The second-order valence-electron chi connectivity index (χ2n) is 24.0. The fourth-order valence-electron chi connectivity index (χ4n) is 9.61. The molecule has 0 aromatic heterocycles. The van der Waals surface area contributed by atoms with Crippen LogP contribution in [-0.2, 0) is 43.0 Å². The molecule has 27 nitrogen and oxygen atoms in total. The van der Waals surface area contributed by atoms with E-state index in [0.717, 1.165) is 122 Å². The quantitative estimate of drug-likeness (QED) is 0.145. The molecule has 6 unspecified atom stereocenters. The van der Waals surface area contributed by atoms with Crippen LogP contribution in [0.2, 0.25) is 0 Å². The van der Waals surface area contributed by atoms with Crippen molar-refractivity contribution in [1.29, 1.82) is 0 Å². The predicted molar refractivity (Wildman–Crippen MR) is 354 cm³/mol. The molecular formula is C59H115N11O16S3. The van der Waals surface area contributed by atoms with Crippen molar-refractivity contribution in [3.05, 3.63) is 12.3 Å². The van der Waals surface area contributed by atoms with Crippen LogP contribution in [0.3, 0.4) is 0 Å². The van der Waals surface area contributed by atoms with Crippen molar-refractivity contribution in [3.63, 3.8) is 0 Å². The first-order valence-electron chi connectivity index (χ1n) is 31.1. The minimum absolute atomic E-state index is 0.209. The average molecular weight is 1330 g/mol. The first kappa shape index (κ1) is 83.9. The number of nitrogens with two attached hydrogens (primary N) is 1. The minimum Gasteiger partial charge on any atom is -0.513 e. The molecule has 0 aromatic rings. The van der Waals surface area contributed by atoms with Crippen molar-refractivity contribution in [2.24, 2.45) is 17.6 Å². The standard InChI is InChI=1S/C9H18N2O2.C8H15NO.C6H12N2O2.2C6H11NO3.2C6H11NO2S.C6H13NO.C6H13NS/c1-11-4-2-7(3-5-11)6-8(10)9(12)13;1-7(10)8-3-5-9(2)6-4-8;1-8-3-2-7-5(4-8)6(9)10;4*1-7-2-3-10-5(4-7)6(8)9;2*1-7-3-2-5-8-6-4-7/h7-8H,2-6,10H2,1H3,(H,12,13);8,10H,1,3-6H2,2H3;5,7H,2-4H2,1H3,(H,9,10);4*5H,2-4H2,1H3,(H,8,9);2*2-6H2,1H3. The number of thioether (sulfide) groups is 3. The van der Waals surface area contributed by atoms with Crippen LogP contribution in [0.25, 0.3) is 0 Å². The van der Waals surface area contributed by atoms with Crippen LogP contribution in [0.5, 0.6) is 0 Å². The number of likely N-dealkylation sites (tertiary alicyclic amines) is 2. The maximum absolute atomic E-state index is 10.5. The number of aliphatic carboxylic acids is 6. The number of piperidine rings is 2. The Morgan fingerprint density at radius 1 is 0.472 bits per heavy atom. The van der Waals surface area contributed by atoms with Crippen LogP contribution >= 0.6 is 35.3 Å². The Hall–Kier alpha value is -3.15. The van der Waals surface area contributed by atoms with Gasteiger partial charge in [-0.3, -0.25) is 19.2 Å². The third-order valence-electron chi connectivity index (χ3n) is 15.7. The summed E-state index contributed by atoms with van der Waals surface area (Å²) in [5.74, 6) is 1.06. The molecule has 9 heterocycles. The zero-order chi connectivity index (χ0) is 66.8. The molecule has 0 aromatic carbocycles. The summed E-state index contributed by atoms with van der Waals surface area (Å²) in [6, 6.07) is -1.05. The summed E-state index contributed by atoms with van der Waals surface area (Å²) in [4.78, 5) is 81.8. The van der Waals surface area contributed by atoms with Crippen LogP contribution in [0.15, 0.2) is 12.3 Å². The minimum atomic E-state index is -0.876. The molecule has 0 bridgehead atoms. The van der Waals surface area contributed by atoms with E-state index in [4.69, 9.17) is 55.7 Å². The second-order valence-corrected chi connectivity index (χ2v) is 27.8. The van der Waals surface area contributed by atoms with Crippen molar-refractivity contribution in [2.45, 2.75) is 79.7 Å². The van der Waals surface area contributed by atoms with E-state index in [1.165, 1.54) is 67.5 Å². The lowest BCUT2D eigenvalue weighted by atomic mass is 9.91. The Balaban J connectivity index is 0.000000502. The van der Waals surface area contributed by atoms with Gasteiger partial charge in [-0.05, 0) is 153 Å². The lowest BCUT2D eigenvalue weighted by Gasteiger charge is -2.29. The van der Waals surface area contributed by atoms with Gasteiger partial charge in [0.1, 0.15) is 22.6 Å². The maximum Gasteiger partial charge on any atom is 0.334 e. The van der Waals surface area contributed by atoms with E-state index >= 15 is 0 Å². The summed E-state index contributed by atoms with van der Waals surface area (Å²) in [7, 11) is 18.1. The number of allylic oxidation sites excluding steroid dienone is 1. The van der Waals surface area contributed by atoms with E-state index in [1.54, 1.807) is 0 Å². The van der Waals surface area contributed by atoms with Crippen LogP contribution < -0.4 is 11.1 Å². The number of aliphatic hydroxyl groups is 1. The van der Waals surface area contributed by atoms with E-state index in [-0.39, 0.29) is 16.5 Å². The Kier molecular flexibility index (Phi) is 46.6. The number of morpholine rings is 2. The van der Waals surface area contributed by atoms with Crippen molar-refractivity contribution < 1.29 is 78.7 Å². The molecule has 9 rings (SSSR count). The SMILES string of the molecule is C=C(O)C1CCN(C)CC1.CN1CCC(CC(N)C(=O)O)CC1.CN1CCCOCC1.CN1CCCSCC1.CN1CCNC(C(=O)O)C1.CN1CCOC(C(=O)O)C1.CN1CCOC(C(=O)O)C1.CN1CCSC(C(=O)O)C1.CN1CCSC(C(=O)O)C1. The first-order chi connectivity index (χ1) is 42.1. The molecule has 89 heavy (non-hydrogen) atoms. The number of piperazine rings is 1. The van der Waals surface area contributed by atoms with E-state index < -0.39 is 54.1 Å². The van der Waals surface area contributed by atoms with Gasteiger partial charge in [-0.15, -0.1) is 23.5 Å². The summed E-state index contributed by atoms with van der Waals surface area (Å²) < 4.78 is 15.2. The Morgan fingerprint density at radius 2 is 0.899 bits per heavy atom. The smallest absolute Gasteiger partial charge is 0.334 e. The summed E-state index contributed by atoms with van der Waals surface area (Å²) in [5, 5.41) is 63.0. The van der Waals surface area contributed by atoms with Gasteiger partial charge in [0.05, 0.1) is 25.6 Å². The number of hydrogen-bond donors (Lipinski definition) is 9. The molecule has 30 heteroatoms. The Labute approximate surface area is 543 Å². The summed E-state index contributed by atoms with van der Waals surface area (Å²) in [5.41, 5.74) is 5.47. The second kappa shape index (κ2) is 49.4. The Morgan fingerprint density at radius 3 is 1.29 bits per heavy atom. The van der Waals surface area contributed by atoms with E-state index in [9.17, 15) is 28.8 Å². The van der Waals surface area contributed by atoms with Crippen LogP contribution in [-0.4, -0.2) is 388 Å². The lowest BCUT2D eigenvalue weighted by molar-refractivity contribution is -0.156. The van der Waals surface area contributed by atoms with E-state index in [1.807, 2.05) is 49.9 Å². The number of carboxylic acids is 6. The van der Waals surface area contributed by atoms with Crippen molar-refractivity contribution >= 4 is 71.1 Å². The summed E-state index contributed by atoms with van der Waals surface area (Å²) in [6.45, 7) is 24.0. The monoisotopic (exact) mass is 1330 g/mol. The third kappa shape index (κ3) is 42.7. The number of carbonyl (C=O) groups is 6. The zero-order valence-electron chi connectivity index (χ0n) is 55.0. The zero-order valence-corrected chi connectivity index (χ0v) is 57.4. The van der Waals surface area contributed by atoms with Gasteiger partial charge in [0.25, 0.3) is 0 Å². The highest BCUT2D eigenvalue weighted by Gasteiger charge is 2.28. The normalized spacial score (nSPS) is 26.3. The highest BCUT2D eigenvalue weighted by atomic mass is 32.2. The number of likely N-dealkylation sites (N-methyl/N-ethyl adjacent to an activating group) is 4. The largest absolute Gasteiger partial charge is 0.513 e. The number of nitrogens with zero attached hydrogens (tertiary/aromatic N) is 9. The van der Waals surface area contributed by atoms with Crippen LogP contribution in [0.1, 0.15) is 44.9 Å². The molecule has 9 fully saturated rings. The van der Waals surface area contributed by atoms with Gasteiger partial charge in [-0.25, -0.2) is 9.59 Å². The van der Waals surface area contributed by atoms with Gasteiger partial charge in [-0.1, -0.05) is 6.58 Å². The maximum atomic E-state index is 10.5. The van der Waals surface area contributed by atoms with Gasteiger partial charge in [0.15, 0.2) is 12.2 Å². The van der Waals surface area contributed by atoms with Crippen molar-refractivity contribution in [2.75, 3.05) is 237 Å². The number of hydrogen-bond acceptors (Lipinski definition) is 24. The Bertz CT molecular complexity index is 1750. The number of carboxylic acid groups (broad SMARTS) is 6. The predicted octanol–water partition coefficient (Wildman–Crippen LogP) is 0.938. The topological polar surface area (TPSA) is 339 Å². The summed E-state index contributed by atoms with van der Waals surface area (Å²) in [6.07, 6.45) is 6.23. The van der Waals surface area contributed by atoms with Gasteiger partial charge < -0.3 is 105 Å². The van der Waals surface area contributed by atoms with Crippen molar-refractivity contribution in [3.8, 4) is 0 Å². The molecule has 0 aliphatic carbocycles. The van der Waals surface area contributed by atoms with Gasteiger partial charge in [0.2, 0.25) is 0 Å². The highest BCUT2D eigenvalue weighted by Crippen LogP contribution is 2.22. The van der Waals surface area contributed by atoms with Gasteiger partial charge in [-0.2, -0.15) is 11.8 Å². The highest BCUT2D eigenvalue weighted by molar-refractivity contribution is 8.01. The molecule has 9 saturated heterocycles. The number of ether oxygens (including phenoxy) is 3. The number of aliphatic hydroxyl groups excluding tert-OH is 1. The van der Waals surface area contributed by atoms with Crippen LogP contribution in [0.4, 0.5) is 0 Å². The van der Waals surface area contributed by atoms with E-state index in [0.29, 0.717) is 70.0 Å². The molecule has 0 amide bonds. The molecule has 0 radical (unpaired) electrons.